The van der Waals surface area contributed by atoms with Gasteiger partial charge in [0, 0.05) is 17.1 Å². The Balaban J connectivity index is 1.71. The number of aromatic nitrogens is 3. The molecule has 2 aromatic carbocycles. The van der Waals surface area contributed by atoms with E-state index in [-0.39, 0.29) is 0 Å². The number of H-pyrrole nitrogens is 1. The van der Waals surface area contributed by atoms with Gasteiger partial charge in [0.25, 0.3) is 0 Å². The second kappa shape index (κ2) is 5.96. The molecule has 0 amide bonds. The van der Waals surface area contributed by atoms with Gasteiger partial charge in [-0.15, -0.1) is 0 Å². The van der Waals surface area contributed by atoms with Crippen LogP contribution in [0.4, 0.5) is 0 Å². The van der Waals surface area contributed by atoms with Gasteiger partial charge < -0.3 is 4.74 Å². The minimum absolute atomic E-state index is 0.469. The van der Waals surface area contributed by atoms with Crippen molar-refractivity contribution in [3.63, 3.8) is 0 Å². The maximum atomic E-state index is 11.1. The average Bonchev–Trinajstić information content (AvgIpc) is 3.05. The van der Waals surface area contributed by atoms with Crippen LogP contribution >= 0.6 is 0 Å². The lowest BCUT2D eigenvalue weighted by molar-refractivity contribution is 0.112. The fraction of sp³-hybridized carbons (Fsp3) is 0. The summed E-state index contributed by atoms with van der Waals surface area (Å²) in [6, 6.07) is 17.2. The van der Waals surface area contributed by atoms with E-state index in [2.05, 4.69) is 15.2 Å². The number of aldehydes is 1. The molecule has 2 aromatic heterocycles. The molecule has 0 aliphatic carbocycles. The highest BCUT2D eigenvalue weighted by Crippen LogP contribution is 2.28. The number of ether oxygens (including phenoxy) is 1. The molecule has 116 valence electrons. The van der Waals surface area contributed by atoms with Gasteiger partial charge in [0.2, 0.25) is 0 Å². The van der Waals surface area contributed by atoms with E-state index in [1.165, 1.54) is 0 Å². The van der Waals surface area contributed by atoms with Crippen molar-refractivity contribution < 1.29 is 9.53 Å². The number of carbonyl (C=O) groups is 1. The number of aromatic amines is 1. The molecule has 5 heteroatoms. The third-order valence-electron chi connectivity index (χ3n) is 3.73. The fourth-order valence-corrected chi connectivity index (χ4v) is 2.56. The van der Waals surface area contributed by atoms with Gasteiger partial charge in [-0.05, 0) is 35.9 Å². The highest BCUT2D eigenvalue weighted by Gasteiger charge is 2.08. The summed E-state index contributed by atoms with van der Waals surface area (Å²) in [5.41, 5.74) is 3.07. The molecular formula is C19H13N3O2. The Labute approximate surface area is 137 Å². The number of fused-ring (bicyclic) bond motifs is 1. The van der Waals surface area contributed by atoms with Crippen LogP contribution < -0.4 is 4.74 Å². The number of carbonyl (C=O) groups excluding carboxylic acids is 1. The summed E-state index contributed by atoms with van der Waals surface area (Å²) in [4.78, 5) is 15.3. The van der Waals surface area contributed by atoms with Crippen LogP contribution in [0.3, 0.4) is 0 Å². The molecule has 5 nitrogen and oxygen atoms in total. The van der Waals surface area contributed by atoms with Gasteiger partial charge in [0.05, 0.1) is 11.7 Å². The summed E-state index contributed by atoms with van der Waals surface area (Å²) in [6.45, 7) is 0. The van der Waals surface area contributed by atoms with Crippen molar-refractivity contribution in [2.75, 3.05) is 0 Å². The predicted octanol–water partition coefficient (Wildman–Crippen LogP) is 4.23. The number of para-hydroxylation sites is 1. The van der Waals surface area contributed by atoms with Gasteiger partial charge in [-0.2, -0.15) is 5.10 Å². The Bertz CT molecular complexity index is 1010. The predicted molar refractivity (Wildman–Crippen MR) is 91.2 cm³/mol. The van der Waals surface area contributed by atoms with Crippen LogP contribution in [-0.2, 0) is 0 Å². The first-order chi connectivity index (χ1) is 11.8. The summed E-state index contributed by atoms with van der Waals surface area (Å²) in [5.74, 6) is 1.41. The SMILES string of the molecule is O=Cc1[nH]nc2ccc(-c3cncc(Oc4ccccc4)c3)cc12. The van der Waals surface area contributed by atoms with Crippen LogP contribution in [0.15, 0.2) is 67.0 Å². The van der Waals surface area contributed by atoms with Gasteiger partial charge in [-0.1, -0.05) is 24.3 Å². The topological polar surface area (TPSA) is 67.9 Å². The first kappa shape index (κ1) is 14.1. The standard InChI is InChI=1S/C19H13N3O2/c23-12-19-17-9-13(6-7-18(17)21-22-19)14-8-16(11-20-10-14)24-15-4-2-1-3-5-15/h1-12H,(H,21,22). The summed E-state index contributed by atoms with van der Waals surface area (Å²) in [5, 5.41) is 7.62. The molecule has 4 rings (SSSR count). The molecule has 2 heterocycles. The number of benzene rings is 2. The summed E-state index contributed by atoms with van der Waals surface area (Å²) < 4.78 is 5.82. The van der Waals surface area contributed by atoms with Gasteiger partial charge in [-0.25, -0.2) is 0 Å². The van der Waals surface area contributed by atoms with Gasteiger partial charge >= 0.3 is 0 Å². The smallest absolute Gasteiger partial charge is 0.168 e. The largest absolute Gasteiger partial charge is 0.456 e. The van der Waals surface area contributed by atoms with Gasteiger partial charge in [0.15, 0.2) is 6.29 Å². The lowest BCUT2D eigenvalue weighted by atomic mass is 10.0. The van der Waals surface area contributed by atoms with E-state index in [0.717, 1.165) is 34.1 Å². The summed E-state index contributed by atoms with van der Waals surface area (Å²) >= 11 is 0. The molecule has 0 saturated carbocycles. The Morgan fingerprint density at radius 3 is 2.62 bits per heavy atom. The molecule has 0 bridgehead atoms. The Kier molecular flexibility index (Phi) is 3.51. The van der Waals surface area contributed by atoms with Crippen LogP contribution in [-0.4, -0.2) is 21.5 Å². The maximum Gasteiger partial charge on any atom is 0.168 e. The molecule has 24 heavy (non-hydrogen) atoms. The van der Waals surface area contributed by atoms with Crippen molar-refractivity contribution in [3.05, 3.63) is 72.7 Å². The molecule has 1 N–H and O–H groups in total. The Morgan fingerprint density at radius 2 is 1.79 bits per heavy atom. The third-order valence-corrected chi connectivity index (χ3v) is 3.73. The van der Waals surface area contributed by atoms with E-state index in [1.54, 1.807) is 12.4 Å². The summed E-state index contributed by atoms with van der Waals surface area (Å²) in [7, 11) is 0. The van der Waals surface area contributed by atoms with E-state index in [9.17, 15) is 4.79 Å². The number of hydrogen-bond acceptors (Lipinski definition) is 4. The van der Waals surface area contributed by atoms with Crippen molar-refractivity contribution in [2.45, 2.75) is 0 Å². The lowest BCUT2D eigenvalue weighted by Crippen LogP contribution is -1.87. The second-order valence-corrected chi connectivity index (χ2v) is 5.31. The molecule has 0 aliphatic rings. The molecule has 0 aliphatic heterocycles. The monoisotopic (exact) mass is 315 g/mol. The normalized spacial score (nSPS) is 10.7. The maximum absolute atomic E-state index is 11.1. The van der Waals surface area contributed by atoms with Crippen molar-refractivity contribution in [2.24, 2.45) is 0 Å². The minimum Gasteiger partial charge on any atom is -0.456 e. The molecule has 4 aromatic rings. The number of rotatable bonds is 4. The zero-order valence-electron chi connectivity index (χ0n) is 12.6. The summed E-state index contributed by atoms with van der Waals surface area (Å²) in [6.07, 6.45) is 4.20. The van der Waals surface area contributed by atoms with Crippen LogP contribution in [0.1, 0.15) is 10.5 Å². The van der Waals surface area contributed by atoms with Crippen LogP contribution in [0, 0.1) is 0 Å². The van der Waals surface area contributed by atoms with Gasteiger partial charge in [-0.3, -0.25) is 14.9 Å². The average molecular weight is 315 g/mol. The molecule has 0 unspecified atom stereocenters. The minimum atomic E-state index is 0.469. The van der Waals surface area contributed by atoms with E-state index in [1.807, 2.05) is 54.6 Å². The molecule has 0 saturated heterocycles. The highest BCUT2D eigenvalue weighted by atomic mass is 16.5. The third kappa shape index (κ3) is 2.63. The van der Waals surface area contributed by atoms with E-state index >= 15 is 0 Å². The number of nitrogens with one attached hydrogen (secondary N) is 1. The van der Waals surface area contributed by atoms with E-state index in [4.69, 9.17) is 4.74 Å². The molecule has 0 atom stereocenters. The van der Waals surface area contributed by atoms with Crippen LogP contribution in [0.5, 0.6) is 11.5 Å². The zero-order chi connectivity index (χ0) is 16.4. The van der Waals surface area contributed by atoms with Crippen molar-refractivity contribution in [3.8, 4) is 22.6 Å². The molecule has 0 radical (unpaired) electrons. The number of hydrogen-bond donors (Lipinski definition) is 1. The molecule has 0 fully saturated rings. The quantitative estimate of drug-likeness (QED) is 0.572. The first-order valence-corrected chi connectivity index (χ1v) is 7.45. The number of nitrogens with zero attached hydrogens (tertiary/aromatic N) is 2. The zero-order valence-corrected chi connectivity index (χ0v) is 12.6. The molecule has 0 spiro atoms. The van der Waals surface area contributed by atoms with Crippen molar-refractivity contribution in [1.82, 2.24) is 15.2 Å². The van der Waals surface area contributed by atoms with Crippen molar-refractivity contribution in [1.29, 1.82) is 0 Å². The van der Waals surface area contributed by atoms with Crippen LogP contribution in [0.2, 0.25) is 0 Å². The highest BCUT2D eigenvalue weighted by molar-refractivity contribution is 5.96. The second-order valence-electron chi connectivity index (χ2n) is 5.31. The Morgan fingerprint density at radius 1 is 0.917 bits per heavy atom. The Hall–Kier alpha value is -3.47. The first-order valence-electron chi connectivity index (χ1n) is 7.45. The molecular weight excluding hydrogens is 302 g/mol. The van der Waals surface area contributed by atoms with E-state index in [0.29, 0.717) is 11.4 Å². The van der Waals surface area contributed by atoms with E-state index < -0.39 is 0 Å². The van der Waals surface area contributed by atoms with Crippen LogP contribution in [0.25, 0.3) is 22.0 Å². The fourth-order valence-electron chi connectivity index (χ4n) is 2.56. The number of pyridine rings is 1. The van der Waals surface area contributed by atoms with Gasteiger partial charge in [0.1, 0.15) is 17.2 Å². The van der Waals surface area contributed by atoms with Crippen molar-refractivity contribution >= 4 is 17.2 Å². The lowest BCUT2D eigenvalue weighted by Gasteiger charge is -2.07.